The molecule has 0 nitrogen and oxygen atoms in total. The van der Waals surface area contributed by atoms with Crippen molar-refractivity contribution >= 4 is 0 Å². The molecule has 0 aliphatic heterocycles. The molecule has 2 bridgehead atoms. The first kappa shape index (κ1) is 6.28. The molecule has 0 spiro atoms. The Morgan fingerprint density at radius 2 is 2.09 bits per heavy atom. The average molecular weight is 148 g/mol. The maximum Gasteiger partial charge on any atom is -0.0171 e. The van der Waals surface area contributed by atoms with Gasteiger partial charge in [-0.2, -0.15) is 0 Å². The SMILES string of the molecule is CC1CC2CC1C1CC=CC21. The molecular formula is C11H16. The van der Waals surface area contributed by atoms with Crippen molar-refractivity contribution in [3.8, 4) is 0 Å². The highest BCUT2D eigenvalue weighted by Gasteiger charge is 2.50. The fourth-order valence-electron chi connectivity index (χ4n) is 3.90. The van der Waals surface area contributed by atoms with Crippen LogP contribution < -0.4 is 0 Å². The van der Waals surface area contributed by atoms with Crippen LogP contribution in [0.5, 0.6) is 0 Å². The second kappa shape index (κ2) is 1.91. The van der Waals surface area contributed by atoms with Gasteiger partial charge in [-0.25, -0.2) is 0 Å². The van der Waals surface area contributed by atoms with Gasteiger partial charge in [0.1, 0.15) is 0 Å². The molecule has 3 aliphatic carbocycles. The molecule has 60 valence electrons. The molecule has 0 aromatic rings. The summed E-state index contributed by atoms with van der Waals surface area (Å²) in [5.74, 6) is 5.31. The fourth-order valence-corrected chi connectivity index (χ4v) is 3.90. The molecule has 0 heterocycles. The largest absolute Gasteiger partial charge is 0.0879 e. The standard InChI is InChI=1S/C11H16/c1-7-5-8-6-11(7)10-4-2-3-9(8)10/h2-3,7-11H,4-6H2,1H3. The number of hydrogen-bond acceptors (Lipinski definition) is 0. The molecule has 0 saturated heterocycles. The zero-order valence-corrected chi connectivity index (χ0v) is 7.16. The summed E-state index contributed by atoms with van der Waals surface area (Å²) in [6.45, 7) is 2.46. The molecular weight excluding hydrogens is 132 g/mol. The zero-order chi connectivity index (χ0) is 7.42. The Morgan fingerprint density at radius 3 is 3.00 bits per heavy atom. The van der Waals surface area contributed by atoms with Crippen molar-refractivity contribution in [1.29, 1.82) is 0 Å². The summed E-state index contributed by atoms with van der Waals surface area (Å²) >= 11 is 0. The Morgan fingerprint density at radius 1 is 1.18 bits per heavy atom. The van der Waals surface area contributed by atoms with Crippen molar-refractivity contribution in [3.63, 3.8) is 0 Å². The fraction of sp³-hybridized carbons (Fsp3) is 0.818. The van der Waals surface area contributed by atoms with Gasteiger partial charge in [-0.1, -0.05) is 19.1 Å². The summed E-state index contributed by atoms with van der Waals surface area (Å²) in [5.41, 5.74) is 0. The summed E-state index contributed by atoms with van der Waals surface area (Å²) in [6, 6.07) is 0. The quantitative estimate of drug-likeness (QED) is 0.463. The molecule has 0 aromatic carbocycles. The van der Waals surface area contributed by atoms with Gasteiger partial charge in [0.15, 0.2) is 0 Å². The molecule has 0 N–H and O–H groups in total. The van der Waals surface area contributed by atoms with E-state index >= 15 is 0 Å². The van der Waals surface area contributed by atoms with Crippen LogP contribution in [0.15, 0.2) is 12.2 Å². The van der Waals surface area contributed by atoms with Gasteiger partial charge in [-0.15, -0.1) is 0 Å². The maximum absolute atomic E-state index is 2.50. The second-order valence-electron chi connectivity index (χ2n) is 4.78. The summed E-state index contributed by atoms with van der Waals surface area (Å²) in [7, 11) is 0. The first-order chi connectivity index (χ1) is 5.36. The van der Waals surface area contributed by atoms with Gasteiger partial charge in [0.25, 0.3) is 0 Å². The normalized spacial score (nSPS) is 58.8. The summed E-state index contributed by atoms with van der Waals surface area (Å²) in [5, 5.41) is 0. The Hall–Kier alpha value is -0.260. The van der Waals surface area contributed by atoms with E-state index in [0.717, 1.165) is 29.6 Å². The van der Waals surface area contributed by atoms with Gasteiger partial charge in [-0.05, 0) is 48.9 Å². The third kappa shape index (κ3) is 0.660. The summed E-state index contributed by atoms with van der Waals surface area (Å²) < 4.78 is 0. The first-order valence-corrected chi connectivity index (χ1v) is 5.03. The second-order valence-corrected chi connectivity index (χ2v) is 4.78. The van der Waals surface area contributed by atoms with Crippen LogP contribution in [-0.2, 0) is 0 Å². The molecule has 3 rings (SSSR count). The Balaban J connectivity index is 1.94. The molecule has 5 atom stereocenters. The van der Waals surface area contributed by atoms with Crippen LogP contribution in [0.2, 0.25) is 0 Å². The first-order valence-electron chi connectivity index (χ1n) is 5.03. The smallest absolute Gasteiger partial charge is 0.0171 e. The van der Waals surface area contributed by atoms with Crippen molar-refractivity contribution in [2.75, 3.05) is 0 Å². The van der Waals surface area contributed by atoms with Gasteiger partial charge in [0.05, 0.1) is 0 Å². The van der Waals surface area contributed by atoms with E-state index in [0.29, 0.717) is 0 Å². The van der Waals surface area contributed by atoms with Gasteiger partial charge in [-0.3, -0.25) is 0 Å². The Kier molecular flexibility index (Phi) is 1.09. The van der Waals surface area contributed by atoms with E-state index in [1.54, 1.807) is 6.42 Å². The number of rotatable bonds is 0. The lowest BCUT2D eigenvalue weighted by molar-refractivity contribution is 0.219. The van der Waals surface area contributed by atoms with E-state index < -0.39 is 0 Å². The van der Waals surface area contributed by atoms with Crippen molar-refractivity contribution in [1.82, 2.24) is 0 Å². The third-order valence-corrected chi connectivity index (χ3v) is 4.34. The molecule has 0 aromatic heterocycles. The minimum absolute atomic E-state index is 1.01. The van der Waals surface area contributed by atoms with Gasteiger partial charge in [0, 0.05) is 0 Å². The molecule has 5 unspecified atom stereocenters. The molecule has 11 heavy (non-hydrogen) atoms. The van der Waals surface area contributed by atoms with Crippen LogP contribution in [0.4, 0.5) is 0 Å². The molecule has 2 saturated carbocycles. The van der Waals surface area contributed by atoms with Crippen LogP contribution in [-0.4, -0.2) is 0 Å². The summed E-state index contributed by atoms with van der Waals surface area (Å²) in [6.07, 6.45) is 9.40. The third-order valence-electron chi connectivity index (χ3n) is 4.34. The van der Waals surface area contributed by atoms with Gasteiger partial charge >= 0.3 is 0 Å². The van der Waals surface area contributed by atoms with Crippen LogP contribution >= 0.6 is 0 Å². The highest BCUT2D eigenvalue weighted by molar-refractivity contribution is 5.13. The van der Waals surface area contributed by atoms with E-state index in [2.05, 4.69) is 19.1 Å². The Bertz CT molecular complexity index is 204. The van der Waals surface area contributed by atoms with Gasteiger partial charge in [0.2, 0.25) is 0 Å². The van der Waals surface area contributed by atoms with E-state index in [1.807, 2.05) is 0 Å². The van der Waals surface area contributed by atoms with Crippen LogP contribution in [0.25, 0.3) is 0 Å². The maximum atomic E-state index is 2.50. The van der Waals surface area contributed by atoms with E-state index in [-0.39, 0.29) is 0 Å². The lowest BCUT2D eigenvalue weighted by atomic mass is 9.76. The topological polar surface area (TPSA) is 0 Å². The van der Waals surface area contributed by atoms with Crippen molar-refractivity contribution in [3.05, 3.63) is 12.2 Å². The Labute approximate surface area is 68.7 Å². The monoisotopic (exact) mass is 148 g/mol. The van der Waals surface area contributed by atoms with Crippen molar-refractivity contribution in [2.24, 2.45) is 29.6 Å². The highest BCUT2D eigenvalue weighted by atomic mass is 14.5. The summed E-state index contributed by atoms with van der Waals surface area (Å²) in [4.78, 5) is 0. The predicted octanol–water partition coefficient (Wildman–Crippen LogP) is 2.85. The number of hydrogen-bond donors (Lipinski definition) is 0. The van der Waals surface area contributed by atoms with Crippen LogP contribution in [0.3, 0.4) is 0 Å². The average Bonchev–Trinajstić information content (AvgIpc) is 2.52. The van der Waals surface area contributed by atoms with E-state index in [1.165, 1.54) is 12.8 Å². The predicted molar refractivity (Wildman–Crippen MR) is 46.1 cm³/mol. The van der Waals surface area contributed by atoms with Crippen molar-refractivity contribution < 1.29 is 0 Å². The van der Waals surface area contributed by atoms with E-state index in [9.17, 15) is 0 Å². The minimum Gasteiger partial charge on any atom is -0.0879 e. The number of allylic oxidation sites excluding steroid dienone is 2. The van der Waals surface area contributed by atoms with E-state index in [4.69, 9.17) is 0 Å². The lowest BCUT2D eigenvalue weighted by Gasteiger charge is -2.28. The molecule has 3 aliphatic rings. The molecule has 0 radical (unpaired) electrons. The molecule has 0 amide bonds. The lowest BCUT2D eigenvalue weighted by Crippen LogP contribution is -2.22. The van der Waals surface area contributed by atoms with Crippen LogP contribution in [0.1, 0.15) is 26.2 Å². The zero-order valence-electron chi connectivity index (χ0n) is 7.16. The highest BCUT2D eigenvalue weighted by Crippen LogP contribution is 2.58. The van der Waals surface area contributed by atoms with Gasteiger partial charge < -0.3 is 0 Å². The van der Waals surface area contributed by atoms with Crippen LogP contribution in [0, 0.1) is 29.6 Å². The molecule has 2 fully saturated rings. The number of fused-ring (bicyclic) bond motifs is 5. The van der Waals surface area contributed by atoms with Crippen molar-refractivity contribution in [2.45, 2.75) is 26.2 Å². The minimum atomic E-state index is 1.01. The molecule has 0 heteroatoms.